The molecule has 9 nitrogen and oxygen atoms in total. The fourth-order valence-corrected chi connectivity index (χ4v) is 6.36. The Morgan fingerprint density at radius 1 is 1.00 bits per heavy atom. The molecule has 3 unspecified atom stereocenters. The number of rotatable bonds is 10. The molecular formula is C31H38BrN3O6S. The number of benzene rings is 2. The van der Waals surface area contributed by atoms with Crippen LogP contribution in [0.15, 0.2) is 59.8 Å². The molecule has 1 aliphatic heterocycles. The summed E-state index contributed by atoms with van der Waals surface area (Å²) in [4.78, 5) is 32.9. The summed E-state index contributed by atoms with van der Waals surface area (Å²) < 4.78 is 21.9. The first kappa shape index (κ1) is 32.9. The number of ether oxygens (including phenoxy) is 4. The fourth-order valence-electron chi connectivity index (χ4n) is 5.41. The van der Waals surface area contributed by atoms with Gasteiger partial charge in [0.05, 0.1) is 38.7 Å². The standard InChI is InChI=1S/C31H37N3O6S.BrH/c1-8-39-28(35)24-18(3)33-31(5,26(29(36)40-9-2)25(24)20-13-11-10-12-14-20)34-30-32-27(19(4)41-30)21-15-16-22(37-6)23(17-21)38-7;/h10-17,25-26,33H,8-9H2,1-7H3,(H,32,34);1H. The second kappa shape index (κ2) is 14.1. The average molecular weight is 661 g/mol. The van der Waals surface area contributed by atoms with Crippen LogP contribution in [0.5, 0.6) is 11.5 Å². The summed E-state index contributed by atoms with van der Waals surface area (Å²) in [7, 11) is 3.19. The van der Waals surface area contributed by atoms with Crippen LogP contribution in [0.2, 0.25) is 0 Å². The lowest BCUT2D eigenvalue weighted by atomic mass is 9.71. The number of nitrogens with zero attached hydrogens (tertiary/aromatic N) is 1. The number of thiazole rings is 1. The van der Waals surface area contributed by atoms with Crippen molar-refractivity contribution < 1.29 is 28.5 Å². The number of aryl methyl sites for hydroxylation is 1. The van der Waals surface area contributed by atoms with Gasteiger partial charge in [0.25, 0.3) is 0 Å². The maximum Gasteiger partial charge on any atom is 0.336 e. The average Bonchev–Trinajstić information content (AvgIpc) is 3.31. The molecule has 3 atom stereocenters. The Balaban J connectivity index is 0.00000484. The van der Waals surface area contributed by atoms with Gasteiger partial charge in [0.2, 0.25) is 0 Å². The minimum atomic E-state index is -1.06. The third-order valence-corrected chi connectivity index (χ3v) is 8.02. The minimum absolute atomic E-state index is 0. The lowest BCUT2D eigenvalue weighted by molar-refractivity contribution is -0.152. The number of nitrogens with one attached hydrogen (secondary N) is 2. The molecular weight excluding hydrogens is 622 g/mol. The number of carbonyl (C=O) groups excluding carboxylic acids is 2. The molecule has 0 amide bonds. The van der Waals surface area contributed by atoms with Gasteiger partial charge >= 0.3 is 11.9 Å². The van der Waals surface area contributed by atoms with Gasteiger partial charge in [-0.3, -0.25) is 4.79 Å². The molecule has 0 saturated heterocycles. The molecule has 0 radical (unpaired) electrons. The van der Waals surface area contributed by atoms with Crippen LogP contribution in [0.1, 0.15) is 44.1 Å². The van der Waals surface area contributed by atoms with E-state index in [1.807, 2.05) is 69.3 Å². The van der Waals surface area contributed by atoms with Gasteiger partial charge in [0.1, 0.15) is 11.6 Å². The van der Waals surface area contributed by atoms with E-state index < -0.39 is 29.4 Å². The van der Waals surface area contributed by atoms with Crippen molar-refractivity contribution in [2.75, 3.05) is 32.8 Å². The topological polar surface area (TPSA) is 108 Å². The van der Waals surface area contributed by atoms with Crippen molar-refractivity contribution in [3.8, 4) is 22.8 Å². The Bertz CT molecular complexity index is 1440. The summed E-state index contributed by atoms with van der Waals surface area (Å²) in [5.41, 5.74) is 2.41. The van der Waals surface area contributed by atoms with Crippen LogP contribution in [0.25, 0.3) is 11.3 Å². The number of halogens is 1. The third-order valence-electron chi connectivity index (χ3n) is 7.13. The predicted molar refractivity (Wildman–Crippen MR) is 170 cm³/mol. The van der Waals surface area contributed by atoms with Gasteiger partial charge in [-0.15, -0.1) is 28.3 Å². The molecule has 4 rings (SSSR count). The fraction of sp³-hybridized carbons (Fsp3) is 0.387. The van der Waals surface area contributed by atoms with E-state index >= 15 is 0 Å². The van der Waals surface area contributed by atoms with Crippen LogP contribution in [0.3, 0.4) is 0 Å². The monoisotopic (exact) mass is 659 g/mol. The van der Waals surface area contributed by atoms with E-state index in [2.05, 4.69) is 10.6 Å². The van der Waals surface area contributed by atoms with Gasteiger partial charge in [0.15, 0.2) is 16.6 Å². The zero-order chi connectivity index (χ0) is 29.7. The molecule has 226 valence electrons. The summed E-state index contributed by atoms with van der Waals surface area (Å²) in [5, 5.41) is 7.53. The molecule has 0 bridgehead atoms. The van der Waals surface area contributed by atoms with E-state index in [0.29, 0.717) is 27.9 Å². The number of carbonyl (C=O) groups is 2. The van der Waals surface area contributed by atoms with Crippen LogP contribution < -0.4 is 20.1 Å². The van der Waals surface area contributed by atoms with E-state index in [1.165, 1.54) is 11.3 Å². The molecule has 0 saturated carbocycles. The van der Waals surface area contributed by atoms with Crippen LogP contribution >= 0.6 is 28.3 Å². The van der Waals surface area contributed by atoms with Crippen LogP contribution in [0, 0.1) is 12.8 Å². The van der Waals surface area contributed by atoms with Crippen LogP contribution in [-0.4, -0.2) is 50.0 Å². The maximum atomic E-state index is 13.7. The number of hydrogen-bond acceptors (Lipinski definition) is 10. The first-order valence-corrected chi connectivity index (χ1v) is 14.3. The normalized spacial score (nSPS) is 19.7. The molecule has 42 heavy (non-hydrogen) atoms. The molecule has 0 fully saturated rings. The highest BCUT2D eigenvalue weighted by molar-refractivity contribution is 8.93. The van der Waals surface area contributed by atoms with Crippen molar-refractivity contribution in [2.45, 2.75) is 46.2 Å². The van der Waals surface area contributed by atoms with Crippen LogP contribution in [-0.2, 0) is 19.1 Å². The van der Waals surface area contributed by atoms with Gasteiger partial charge in [-0.2, -0.15) is 0 Å². The number of esters is 2. The molecule has 0 aliphatic carbocycles. The van der Waals surface area contributed by atoms with Crippen molar-refractivity contribution in [1.82, 2.24) is 10.3 Å². The summed E-state index contributed by atoms with van der Waals surface area (Å²) >= 11 is 1.47. The van der Waals surface area contributed by atoms with Gasteiger partial charge in [-0.1, -0.05) is 30.3 Å². The van der Waals surface area contributed by atoms with Crippen molar-refractivity contribution in [1.29, 1.82) is 0 Å². The van der Waals surface area contributed by atoms with Crippen molar-refractivity contribution in [2.24, 2.45) is 5.92 Å². The molecule has 1 aliphatic rings. The Morgan fingerprint density at radius 3 is 2.29 bits per heavy atom. The first-order valence-electron chi connectivity index (χ1n) is 13.5. The third kappa shape index (κ3) is 6.57. The molecule has 0 spiro atoms. The maximum absolute atomic E-state index is 13.7. The highest BCUT2D eigenvalue weighted by atomic mass is 79.9. The summed E-state index contributed by atoms with van der Waals surface area (Å²) in [5.74, 6) is -1.13. The number of hydrogen-bond donors (Lipinski definition) is 2. The number of allylic oxidation sites excluding steroid dienone is 1. The van der Waals surface area contributed by atoms with E-state index in [4.69, 9.17) is 23.9 Å². The van der Waals surface area contributed by atoms with Crippen molar-refractivity contribution in [3.63, 3.8) is 0 Å². The predicted octanol–water partition coefficient (Wildman–Crippen LogP) is 6.25. The smallest absolute Gasteiger partial charge is 0.336 e. The van der Waals surface area contributed by atoms with Gasteiger partial charge in [0, 0.05) is 22.1 Å². The summed E-state index contributed by atoms with van der Waals surface area (Å²) in [6, 6.07) is 15.2. The zero-order valence-electron chi connectivity index (χ0n) is 24.9. The van der Waals surface area contributed by atoms with E-state index in [9.17, 15) is 9.59 Å². The Hall–Kier alpha value is -3.57. The van der Waals surface area contributed by atoms with Gasteiger partial charge in [-0.25, -0.2) is 9.78 Å². The molecule has 2 N–H and O–H groups in total. The SMILES string of the molecule is Br.CCOC(=O)C1=C(C)NC(C)(Nc2nc(-c3ccc(OC)c(OC)c3)c(C)s2)C(C(=O)OCC)C1c1ccccc1. The zero-order valence-corrected chi connectivity index (χ0v) is 27.4. The Morgan fingerprint density at radius 2 is 1.67 bits per heavy atom. The van der Waals surface area contributed by atoms with Gasteiger partial charge < -0.3 is 29.6 Å². The molecule has 2 heterocycles. The first-order chi connectivity index (χ1) is 19.7. The minimum Gasteiger partial charge on any atom is -0.493 e. The quantitative estimate of drug-likeness (QED) is 0.244. The largest absolute Gasteiger partial charge is 0.493 e. The van der Waals surface area contributed by atoms with Crippen molar-refractivity contribution in [3.05, 3.63) is 70.2 Å². The Labute approximate surface area is 261 Å². The summed E-state index contributed by atoms with van der Waals surface area (Å²) in [6.45, 7) is 9.65. The second-order valence-electron chi connectivity index (χ2n) is 9.82. The van der Waals surface area contributed by atoms with Gasteiger partial charge in [-0.05, 0) is 58.4 Å². The highest BCUT2D eigenvalue weighted by Gasteiger charge is 2.53. The number of aromatic nitrogens is 1. The Kier molecular flexibility index (Phi) is 11.0. The molecule has 3 aromatic rings. The lowest BCUT2D eigenvalue weighted by Crippen LogP contribution is -2.62. The highest BCUT2D eigenvalue weighted by Crippen LogP contribution is 2.46. The molecule has 11 heteroatoms. The van der Waals surface area contributed by atoms with E-state index in [1.54, 1.807) is 28.1 Å². The molecule has 2 aromatic carbocycles. The van der Waals surface area contributed by atoms with E-state index in [0.717, 1.165) is 21.7 Å². The van der Waals surface area contributed by atoms with E-state index in [-0.39, 0.29) is 30.2 Å². The summed E-state index contributed by atoms with van der Waals surface area (Å²) in [6.07, 6.45) is 0. The second-order valence-corrected chi connectivity index (χ2v) is 11.0. The number of methoxy groups -OCH3 is 2. The lowest BCUT2D eigenvalue weighted by Gasteiger charge is -2.46. The van der Waals surface area contributed by atoms with Crippen LogP contribution in [0.4, 0.5) is 5.13 Å². The number of anilines is 1. The van der Waals surface area contributed by atoms with Crippen molar-refractivity contribution >= 4 is 45.4 Å². The molecule has 1 aromatic heterocycles.